The van der Waals surface area contributed by atoms with Crippen molar-refractivity contribution in [2.45, 2.75) is 6.61 Å². The third-order valence-electron chi connectivity index (χ3n) is 3.62. The number of amides is 1. The number of aromatic amines is 1. The van der Waals surface area contributed by atoms with Gasteiger partial charge in [-0.3, -0.25) is 14.6 Å². The van der Waals surface area contributed by atoms with Gasteiger partial charge in [0.2, 0.25) is 0 Å². The molecule has 0 saturated heterocycles. The van der Waals surface area contributed by atoms with Gasteiger partial charge in [0, 0.05) is 11.8 Å². The first-order valence-electron chi connectivity index (χ1n) is 7.54. The number of rotatable bonds is 5. The molecule has 0 bridgehead atoms. The zero-order chi connectivity index (χ0) is 18.7. The Balaban J connectivity index is 1.78. The lowest BCUT2D eigenvalue weighted by atomic mass is 10.1. The number of anilines is 1. The van der Waals surface area contributed by atoms with Gasteiger partial charge >= 0.3 is 0 Å². The monoisotopic (exact) mass is 373 g/mol. The summed E-state index contributed by atoms with van der Waals surface area (Å²) in [5.41, 5.74) is 0.871. The van der Waals surface area contributed by atoms with Crippen molar-refractivity contribution in [3.8, 4) is 0 Å². The number of aromatic nitrogens is 2. The number of carbonyl (C=O) groups is 2. The predicted octanol–water partition coefficient (Wildman–Crippen LogP) is 3.18. The Hall–Kier alpha value is -3.03. The van der Waals surface area contributed by atoms with E-state index in [1.807, 2.05) is 0 Å². The number of nitrogens with one attached hydrogen (secondary N) is 2. The Morgan fingerprint density at radius 2 is 2.08 bits per heavy atom. The van der Waals surface area contributed by atoms with Crippen LogP contribution in [0.25, 0.3) is 0 Å². The molecule has 0 spiro atoms. The number of H-pyrrole nitrogens is 1. The Morgan fingerprint density at radius 3 is 2.73 bits per heavy atom. The maximum Gasteiger partial charge on any atom is 0.272 e. The number of aliphatic hydroxyl groups excluding tert-OH is 1. The zero-order valence-electron chi connectivity index (χ0n) is 13.3. The Kier molecular flexibility index (Phi) is 5.11. The van der Waals surface area contributed by atoms with Crippen LogP contribution < -0.4 is 5.32 Å². The number of benzene rings is 1. The van der Waals surface area contributed by atoms with Gasteiger partial charge < -0.3 is 15.4 Å². The van der Waals surface area contributed by atoms with Gasteiger partial charge in [-0.05, 0) is 30.3 Å². The molecule has 0 aliphatic carbocycles. The molecule has 0 atom stereocenters. The van der Waals surface area contributed by atoms with E-state index in [4.69, 9.17) is 16.7 Å². The van der Waals surface area contributed by atoms with Crippen LogP contribution in [0, 0.1) is 5.82 Å². The van der Waals surface area contributed by atoms with Crippen molar-refractivity contribution in [3.05, 3.63) is 82.1 Å². The summed E-state index contributed by atoms with van der Waals surface area (Å²) in [5.74, 6) is -1.86. The molecule has 26 heavy (non-hydrogen) atoms. The molecule has 0 aliphatic heterocycles. The van der Waals surface area contributed by atoms with Crippen molar-refractivity contribution in [2.24, 2.45) is 0 Å². The molecule has 3 aromatic rings. The maximum absolute atomic E-state index is 13.9. The molecule has 6 nitrogen and oxygen atoms in total. The molecule has 1 amide bonds. The molecular weight excluding hydrogens is 361 g/mol. The predicted molar refractivity (Wildman–Crippen MR) is 93.7 cm³/mol. The van der Waals surface area contributed by atoms with Gasteiger partial charge in [-0.1, -0.05) is 17.7 Å². The van der Waals surface area contributed by atoms with E-state index in [0.29, 0.717) is 11.4 Å². The summed E-state index contributed by atoms with van der Waals surface area (Å²) >= 11 is 5.90. The number of carbonyl (C=O) groups excluding carboxylic acids is 2. The highest BCUT2D eigenvalue weighted by Crippen LogP contribution is 2.23. The van der Waals surface area contributed by atoms with Crippen LogP contribution in [-0.2, 0) is 6.61 Å². The topological polar surface area (TPSA) is 95.1 Å². The third-order valence-corrected chi connectivity index (χ3v) is 3.94. The highest BCUT2D eigenvalue weighted by Gasteiger charge is 2.20. The number of aliphatic hydroxyl groups is 1. The Bertz CT molecular complexity index is 950. The van der Waals surface area contributed by atoms with E-state index in [2.05, 4.69) is 15.3 Å². The molecule has 2 aromatic heterocycles. The summed E-state index contributed by atoms with van der Waals surface area (Å²) in [4.78, 5) is 31.3. The molecule has 3 rings (SSSR count). The SMILES string of the molecule is O=C(Nc1ccc(CO)nc1)c1cc(C(=O)c2c(F)cccc2Cl)c[nH]1. The van der Waals surface area contributed by atoms with Crippen LogP contribution >= 0.6 is 11.6 Å². The first-order valence-corrected chi connectivity index (χ1v) is 7.91. The zero-order valence-corrected chi connectivity index (χ0v) is 14.0. The molecule has 0 radical (unpaired) electrons. The van der Waals surface area contributed by atoms with Crippen LogP contribution in [0.15, 0.2) is 48.8 Å². The second kappa shape index (κ2) is 7.47. The van der Waals surface area contributed by atoms with Crippen LogP contribution in [0.2, 0.25) is 5.02 Å². The second-order valence-corrected chi connectivity index (χ2v) is 5.79. The minimum atomic E-state index is -0.732. The fourth-order valence-electron chi connectivity index (χ4n) is 2.31. The first-order chi connectivity index (χ1) is 12.5. The number of ketones is 1. The normalized spacial score (nSPS) is 10.6. The van der Waals surface area contributed by atoms with Gasteiger partial charge in [-0.15, -0.1) is 0 Å². The standard InChI is InChI=1S/C18H13ClFN3O3/c19-13-2-1-3-14(20)16(13)17(25)10-6-15(22-7-10)18(26)23-11-4-5-12(9-24)21-8-11/h1-8,22,24H,9H2,(H,23,26). The summed E-state index contributed by atoms with van der Waals surface area (Å²) < 4.78 is 13.9. The summed E-state index contributed by atoms with van der Waals surface area (Å²) in [6.45, 7) is -0.199. The lowest BCUT2D eigenvalue weighted by Gasteiger charge is -2.04. The molecule has 132 valence electrons. The number of nitrogens with zero attached hydrogens (tertiary/aromatic N) is 1. The highest BCUT2D eigenvalue weighted by molar-refractivity contribution is 6.35. The molecule has 8 heteroatoms. The van der Waals surface area contributed by atoms with Gasteiger partial charge in [-0.25, -0.2) is 4.39 Å². The minimum absolute atomic E-state index is 0.00255. The van der Waals surface area contributed by atoms with E-state index in [1.165, 1.54) is 30.6 Å². The molecular formula is C18H13ClFN3O3. The fourth-order valence-corrected chi connectivity index (χ4v) is 2.55. The van der Waals surface area contributed by atoms with Crippen LogP contribution in [0.3, 0.4) is 0 Å². The average Bonchev–Trinajstić information content (AvgIpc) is 3.12. The van der Waals surface area contributed by atoms with Crippen LogP contribution in [0.4, 0.5) is 10.1 Å². The van der Waals surface area contributed by atoms with Crippen molar-refractivity contribution in [1.29, 1.82) is 0 Å². The van der Waals surface area contributed by atoms with Crippen molar-refractivity contribution in [1.82, 2.24) is 9.97 Å². The minimum Gasteiger partial charge on any atom is -0.390 e. The maximum atomic E-state index is 13.9. The number of hydrogen-bond acceptors (Lipinski definition) is 4. The first kappa shape index (κ1) is 17.8. The molecule has 0 aliphatic rings. The smallest absolute Gasteiger partial charge is 0.272 e. The van der Waals surface area contributed by atoms with Crippen LogP contribution in [-0.4, -0.2) is 26.8 Å². The summed E-state index contributed by atoms with van der Waals surface area (Å²) in [6.07, 6.45) is 2.71. The van der Waals surface area contributed by atoms with E-state index in [-0.39, 0.29) is 28.5 Å². The highest BCUT2D eigenvalue weighted by atomic mass is 35.5. The van der Waals surface area contributed by atoms with Crippen LogP contribution in [0.1, 0.15) is 32.1 Å². The van der Waals surface area contributed by atoms with E-state index >= 15 is 0 Å². The second-order valence-electron chi connectivity index (χ2n) is 5.38. The van der Waals surface area contributed by atoms with E-state index in [9.17, 15) is 14.0 Å². The van der Waals surface area contributed by atoms with Gasteiger partial charge in [0.15, 0.2) is 5.78 Å². The largest absolute Gasteiger partial charge is 0.390 e. The lowest BCUT2D eigenvalue weighted by molar-refractivity contribution is 0.102. The number of halogens is 2. The third kappa shape index (κ3) is 3.63. The van der Waals surface area contributed by atoms with Crippen molar-refractivity contribution in [3.63, 3.8) is 0 Å². The average molecular weight is 374 g/mol. The van der Waals surface area contributed by atoms with Gasteiger partial charge in [0.25, 0.3) is 5.91 Å². The van der Waals surface area contributed by atoms with Crippen molar-refractivity contribution in [2.75, 3.05) is 5.32 Å². The van der Waals surface area contributed by atoms with E-state index < -0.39 is 17.5 Å². The summed E-state index contributed by atoms with van der Waals surface area (Å²) in [6, 6.07) is 8.43. The Morgan fingerprint density at radius 1 is 1.27 bits per heavy atom. The fraction of sp³-hybridized carbons (Fsp3) is 0.0556. The number of pyridine rings is 1. The lowest BCUT2D eigenvalue weighted by Crippen LogP contribution is -2.12. The van der Waals surface area contributed by atoms with Crippen LogP contribution in [0.5, 0.6) is 0 Å². The van der Waals surface area contributed by atoms with E-state index in [1.54, 1.807) is 12.1 Å². The van der Waals surface area contributed by atoms with Crippen molar-refractivity contribution < 1.29 is 19.1 Å². The Labute approximate surface area is 152 Å². The molecule has 3 N–H and O–H groups in total. The summed E-state index contributed by atoms with van der Waals surface area (Å²) in [5, 5.41) is 11.5. The summed E-state index contributed by atoms with van der Waals surface area (Å²) in [7, 11) is 0. The molecule has 0 unspecified atom stereocenters. The molecule has 0 saturated carbocycles. The van der Waals surface area contributed by atoms with Gasteiger partial charge in [0.05, 0.1) is 34.8 Å². The molecule has 1 aromatic carbocycles. The molecule has 2 heterocycles. The van der Waals surface area contributed by atoms with Gasteiger partial charge in [0.1, 0.15) is 11.5 Å². The number of hydrogen-bond donors (Lipinski definition) is 3. The van der Waals surface area contributed by atoms with Gasteiger partial charge in [-0.2, -0.15) is 0 Å². The van der Waals surface area contributed by atoms with Crippen molar-refractivity contribution >= 4 is 29.0 Å². The molecule has 0 fully saturated rings. The quantitative estimate of drug-likeness (QED) is 0.598. The van der Waals surface area contributed by atoms with E-state index in [0.717, 1.165) is 6.07 Å².